The van der Waals surface area contributed by atoms with Crippen molar-refractivity contribution in [1.29, 1.82) is 0 Å². The molecule has 0 fully saturated rings. The number of rotatable bonds is 5. The number of carbonyl (C=O) groups excluding carboxylic acids is 2. The highest BCUT2D eigenvalue weighted by atomic mass is 16.8. The molecule has 148 valence electrons. The number of benzene rings is 1. The van der Waals surface area contributed by atoms with Gasteiger partial charge in [-0.05, 0) is 38.8 Å². The van der Waals surface area contributed by atoms with Crippen LogP contribution < -0.4 is 9.47 Å². The van der Waals surface area contributed by atoms with Crippen molar-refractivity contribution in [2.24, 2.45) is 5.92 Å². The molecule has 0 bridgehead atoms. The van der Waals surface area contributed by atoms with Crippen LogP contribution in [0.4, 0.5) is 4.79 Å². The highest BCUT2D eigenvalue weighted by Gasteiger charge is 2.62. The number of carbonyl (C=O) groups is 2. The second-order valence-electron chi connectivity index (χ2n) is 7.81. The number of fused-ring (bicyclic) bond motifs is 2. The summed E-state index contributed by atoms with van der Waals surface area (Å²) in [6.45, 7) is 8.82. The third-order valence-corrected chi connectivity index (χ3v) is 4.53. The smallest absolute Gasteiger partial charge is 0.435 e. The van der Waals surface area contributed by atoms with Gasteiger partial charge in [0.2, 0.25) is 6.79 Å². The predicted molar refractivity (Wildman–Crippen MR) is 94.4 cm³/mol. The van der Waals surface area contributed by atoms with Gasteiger partial charge in [0.15, 0.2) is 29.6 Å². The monoisotopic (exact) mass is 379 g/mol. The minimum absolute atomic E-state index is 0.0943. The zero-order valence-electron chi connectivity index (χ0n) is 16.5. The van der Waals surface area contributed by atoms with E-state index in [0.29, 0.717) is 22.6 Å². The third kappa shape index (κ3) is 3.02. The van der Waals surface area contributed by atoms with Gasteiger partial charge in [0.1, 0.15) is 5.60 Å². The second-order valence-corrected chi connectivity index (χ2v) is 7.81. The Balaban J connectivity index is 2.08. The molecule has 0 saturated carbocycles. The zero-order chi connectivity index (χ0) is 20.0. The molecule has 8 heteroatoms. The molecule has 1 aliphatic heterocycles. The number of Topliss-reactive ketones (excluding diaryl/α,β-unsaturated/α-hetero) is 1. The molecule has 1 aromatic carbocycles. The number of hydrogen-bond acceptors (Lipinski definition) is 7. The van der Waals surface area contributed by atoms with Gasteiger partial charge in [0.05, 0.1) is 0 Å². The average molecular weight is 379 g/mol. The van der Waals surface area contributed by atoms with Crippen LogP contribution in [0.5, 0.6) is 11.5 Å². The van der Waals surface area contributed by atoms with E-state index in [1.165, 1.54) is 7.11 Å². The van der Waals surface area contributed by atoms with Crippen molar-refractivity contribution in [2.45, 2.75) is 45.8 Å². The molecule has 0 saturated heterocycles. The predicted octanol–water partition coefficient (Wildman–Crippen LogP) is 3.24. The lowest BCUT2D eigenvalue weighted by molar-refractivity contribution is -0.248. The van der Waals surface area contributed by atoms with Crippen LogP contribution in [-0.2, 0) is 19.9 Å². The van der Waals surface area contributed by atoms with E-state index in [1.807, 2.05) is 13.8 Å². The molecule has 1 amide bonds. The molecule has 0 spiro atoms. The lowest BCUT2D eigenvalue weighted by Crippen LogP contribution is -2.64. The Kier molecular flexibility index (Phi) is 4.81. The molecule has 1 atom stereocenters. The molecule has 1 aromatic rings. The van der Waals surface area contributed by atoms with Gasteiger partial charge in [-0.1, -0.05) is 13.8 Å². The van der Waals surface area contributed by atoms with Gasteiger partial charge in [0.25, 0.3) is 0 Å². The first-order valence-electron chi connectivity index (χ1n) is 8.77. The van der Waals surface area contributed by atoms with Crippen LogP contribution in [0.1, 0.15) is 50.5 Å². The normalized spacial score (nSPS) is 20.3. The molecule has 8 nitrogen and oxygen atoms in total. The standard InChI is InChI=1S/C19H25NO7/c1-11(2)19(20(26-9-23-6)17(22)27-18(3,4)5)13-8-15-14(24-10-25-15)7-12(13)16(19)21/h7-8,11H,9-10H2,1-6H3/t19-/m1/s1. The van der Waals surface area contributed by atoms with Crippen molar-refractivity contribution in [3.8, 4) is 11.5 Å². The summed E-state index contributed by atoms with van der Waals surface area (Å²) in [5, 5.41) is 0.999. The summed E-state index contributed by atoms with van der Waals surface area (Å²) in [4.78, 5) is 31.7. The molecule has 3 rings (SSSR count). The first-order valence-corrected chi connectivity index (χ1v) is 8.77. The molecular weight excluding hydrogens is 354 g/mol. The van der Waals surface area contributed by atoms with Gasteiger partial charge in [0, 0.05) is 18.2 Å². The Morgan fingerprint density at radius 3 is 2.44 bits per heavy atom. The van der Waals surface area contributed by atoms with Crippen molar-refractivity contribution in [1.82, 2.24) is 5.06 Å². The number of amides is 1. The Bertz CT molecular complexity index is 768. The largest absolute Gasteiger partial charge is 0.454 e. The number of ketones is 1. The summed E-state index contributed by atoms with van der Waals surface area (Å²) < 4.78 is 21.2. The molecule has 2 aliphatic rings. The molecule has 0 unspecified atom stereocenters. The van der Waals surface area contributed by atoms with Crippen LogP contribution in [0.25, 0.3) is 0 Å². The van der Waals surface area contributed by atoms with Crippen molar-refractivity contribution < 1.29 is 33.4 Å². The summed E-state index contributed by atoms with van der Waals surface area (Å²) in [7, 11) is 1.43. The minimum Gasteiger partial charge on any atom is -0.454 e. The first kappa shape index (κ1) is 19.4. The van der Waals surface area contributed by atoms with Crippen LogP contribution in [0.15, 0.2) is 12.1 Å². The molecule has 0 radical (unpaired) electrons. The number of hydroxylamine groups is 2. The second kappa shape index (κ2) is 6.69. The summed E-state index contributed by atoms with van der Waals surface area (Å²) >= 11 is 0. The Morgan fingerprint density at radius 1 is 1.26 bits per heavy atom. The Morgan fingerprint density at radius 2 is 1.89 bits per heavy atom. The van der Waals surface area contributed by atoms with Gasteiger partial charge in [-0.15, -0.1) is 0 Å². The summed E-state index contributed by atoms with van der Waals surface area (Å²) in [6.07, 6.45) is -0.759. The maximum absolute atomic E-state index is 13.2. The SMILES string of the molecule is COCON(C(=O)OC(C)(C)C)[C@@]1(C(C)C)C(=O)c2cc3c(cc21)OCO3. The fraction of sp³-hybridized carbons (Fsp3) is 0.579. The highest BCUT2D eigenvalue weighted by molar-refractivity contribution is 6.15. The van der Waals surface area contributed by atoms with Gasteiger partial charge < -0.3 is 18.9 Å². The summed E-state index contributed by atoms with van der Waals surface area (Å²) in [5.74, 6) is 0.512. The van der Waals surface area contributed by atoms with Crippen LogP contribution in [0, 0.1) is 5.92 Å². The van der Waals surface area contributed by atoms with E-state index in [-0.39, 0.29) is 25.3 Å². The number of ether oxygens (including phenoxy) is 4. The van der Waals surface area contributed by atoms with Crippen molar-refractivity contribution in [3.63, 3.8) is 0 Å². The Hall–Kier alpha value is -2.32. The lowest BCUT2D eigenvalue weighted by Gasteiger charge is -2.50. The van der Waals surface area contributed by atoms with Crippen LogP contribution in [-0.4, -0.2) is 43.2 Å². The molecular formula is C19H25NO7. The highest BCUT2D eigenvalue weighted by Crippen LogP contribution is 2.53. The van der Waals surface area contributed by atoms with Gasteiger partial charge in [-0.25, -0.2) is 9.63 Å². The summed E-state index contributed by atoms with van der Waals surface area (Å²) in [6, 6.07) is 3.37. The van der Waals surface area contributed by atoms with Crippen molar-refractivity contribution in [3.05, 3.63) is 23.3 Å². The lowest BCUT2D eigenvalue weighted by atomic mass is 9.63. The molecule has 27 heavy (non-hydrogen) atoms. The average Bonchev–Trinajstić information content (AvgIpc) is 3.02. The molecule has 0 aromatic heterocycles. The van der Waals surface area contributed by atoms with E-state index >= 15 is 0 Å². The maximum Gasteiger partial charge on any atom is 0.435 e. The van der Waals surface area contributed by atoms with Gasteiger partial charge >= 0.3 is 6.09 Å². The van der Waals surface area contributed by atoms with E-state index in [1.54, 1.807) is 32.9 Å². The molecule has 1 heterocycles. The molecule has 1 aliphatic carbocycles. The fourth-order valence-corrected chi connectivity index (χ4v) is 3.43. The number of nitrogens with zero attached hydrogens (tertiary/aromatic N) is 1. The number of methoxy groups -OCH3 is 1. The minimum atomic E-state index is -1.34. The van der Waals surface area contributed by atoms with Gasteiger partial charge in [-0.2, -0.15) is 5.06 Å². The van der Waals surface area contributed by atoms with Crippen LogP contribution in [0.3, 0.4) is 0 Å². The third-order valence-electron chi connectivity index (χ3n) is 4.53. The van der Waals surface area contributed by atoms with Crippen molar-refractivity contribution >= 4 is 11.9 Å². The Labute approximate surface area is 158 Å². The van der Waals surface area contributed by atoms with E-state index < -0.39 is 17.2 Å². The van der Waals surface area contributed by atoms with Crippen LogP contribution >= 0.6 is 0 Å². The maximum atomic E-state index is 13.2. The van der Waals surface area contributed by atoms with E-state index in [4.69, 9.17) is 23.8 Å². The zero-order valence-corrected chi connectivity index (χ0v) is 16.5. The van der Waals surface area contributed by atoms with Crippen molar-refractivity contribution in [2.75, 3.05) is 20.7 Å². The van der Waals surface area contributed by atoms with Gasteiger partial charge in [-0.3, -0.25) is 4.79 Å². The van der Waals surface area contributed by atoms with E-state index in [2.05, 4.69) is 0 Å². The molecule has 0 N–H and O–H groups in total. The van der Waals surface area contributed by atoms with E-state index in [0.717, 1.165) is 5.06 Å². The fourth-order valence-electron chi connectivity index (χ4n) is 3.43. The topological polar surface area (TPSA) is 83.5 Å². The quantitative estimate of drug-likeness (QED) is 0.574. The summed E-state index contributed by atoms with van der Waals surface area (Å²) in [5.41, 5.74) is -0.984. The van der Waals surface area contributed by atoms with E-state index in [9.17, 15) is 9.59 Å². The van der Waals surface area contributed by atoms with Crippen LogP contribution in [0.2, 0.25) is 0 Å². The number of hydrogen-bond donors (Lipinski definition) is 0. The first-order chi connectivity index (χ1) is 12.6.